The molecule has 0 heterocycles. The zero-order valence-corrected chi connectivity index (χ0v) is 14.5. The zero-order valence-electron chi connectivity index (χ0n) is 14.5. The fourth-order valence-corrected chi connectivity index (χ4v) is 2.40. The van der Waals surface area contributed by atoms with Crippen LogP contribution in [0.2, 0.25) is 0 Å². The maximum absolute atomic E-state index is 9.06. The number of carbonyl (C=O) groups excluding carboxylic acids is 1. The zero-order chi connectivity index (χ0) is 17.8. The first-order chi connectivity index (χ1) is 11.7. The average molecular weight is 326 g/mol. The molecule has 0 amide bonds. The van der Waals surface area contributed by atoms with Crippen LogP contribution in [0, 0.1) is 6.92 Å². The summed E-state index contributed by atoms with van der Waals surface area (Å²) < 4.78 is 5.20. The highest BCUT2D eigenvalue weighted by atomic mass is 16.5. The van der Waals surface area contributed by atoms with Crippen molar-refractivity contribution < 1.29 is 14.6 Å². The summed E-state index contributed by atoms with van der Waals surface area (Å²) >= 11 is 0. The Hall–Kier alpha value is -2.23. The van der Waals surface area contributed by atoms with Gasteiger partial charge < -0.3 is 9.84 Å². The molecule has 2 aromatic rings. The molecule has 24 heavy (non-hydrogen) atoms. The highest BCUT2D eigenvalue weighted by Crippen LogP contribution is 2.25. The van der Waals surface area contributed by atoms with Gasteiger partial charge in [0.05, 0.1) is 6.61 Å². The van der Waals surface area contributed by atoms with E-state index in [1.54, 1.807) is 7.11 Å². The molecule has 0 spiro atoms. The van der Waals surface area contributed by atoms with Gasteiger partial charge in [-0.15, -0.1) is 0 Å². The van der Waals surface area contributed by atoms with Crippen LogP contribution in [0.3, 0.4) is 0 Å². The lowest BCUT2D eigenvalue weighted by atomic mass is 9.95. The number of hydrogen-bond acceptors (Lipinski definition) is 3. The summed E-state index contributed by atoms with van der Waals surface area (Å²) in [5.41, 5.74) is 6.25. The number of rotatable bonds is 7. The van der Waals surface area contributed by atoms with Gasteiger partial charge in [-0.25, -0.2) is 0 Å². The Bertz CT molecular complexity index is 624. The van der Waals surface area contributed by atoms with Gasteiger partial charge in [-0.05, 0) is 48.1 Å². The van der Waals surface area contributed by atoms with Gasteiger partial charge in [0.2, 0.25) is 0 Å². The van der Waals surface area contributed by atoms with Gasteiger partial charge in [0.1, 0.15) is 6.29 Å². The van der Waals surface area contributed by atoms with Crippen LogP contribution in [0.15, 0.2) is 55.1 Å². The van der Waals surface area contributed by atoms with E-state index >= 15 is 0 Å². The summed E-state index contributed by atoms with van der Waals surface area (Å²) in [6.45, 7) is 6.16. The van der Waals surface area contributed by atoms with E-state index in [-0.39, 0.29) is 6.61 Å². The van der Waals surface area contributed by atoms with Gasteiger partial charge in [0, 0.05) is 13.7 Å². The van der Waals surface area contributed by atoms with Gasteiger partial charge in [0.25, 0.3) is 0 Å². The summed E-state index contributed by atoms with van der Waals surface area (Å²) in [4.78, 5) is 9.06. The van der Waals surface area contributed by atoms with Crippen LogP contribution in [0.5, 0.6) is 0 Å². The quantitative estimate of drug-likeness (QED) is 0.622. The Labute approximate surface area is 144 Å². The molecular weight excluding hydrogens is 300 g/mol. The predicted octanol–water partition coefficient (Wildman–Crippen LogP) is 3.76. The summed E-state index contributed by atoms with van der Waals surface area (Å²) in [7, 11) is 1.74. The van der Waals surface area contributed by atoms with Crippen molar-refractivity contribution in [3.8, 4) is 11.1 Å². The fraction of sp³-hybridized carbons (Fsp3) is 0.286. The second-order valence-corrected chi connectivity index (χ2v) is 5.45. The van der Waals surface area contributed by atoms with Crippen LogP contribution in [0.1, 0.15) is 16.7 Å². The van der Waals surface area contributed by atoms with Crippen molar-refractivity contribution in [2.45, 2.75) is 19.8 Å². The summed E-state index contributed by atoms with van der Waals surface area (Å²) in [6, 6.07) is 15.0. The Kier molecular flexibility index (Phi) is 9.35. The second kappa shape index (κ2) is 11.3. The Morgan fingerprint density at radius 1 is 1.12 bits per heavy atom. The molecule has 0 unspecified atom stereocenters. The van der Waals surface area contributed by atoms with Crippen molar-refractivity contribution in [3.05, 3.63) is 71.8 Å². The number of ether oxygens (including phenoxy) is 1. The van der Waals surface area contributed by atoms with Gasteiger partial charge in [-0.3, -0.25) is 4.79 Å². The van der Waals surface area contributed by atoms with E-state index in [0.29, 0.717) is 12.7 Å². The number of aliphatic hydroxyl groups is 1. The molecule has 0 radical (unpaired) electrons. The number of benzene rings is 2. The predicted molar refractivity (Wildman–Crippen MR) is 99.2 cm³/mol. The molecule has 1 N–H and O–H groups in total. The van der Waals surface area contributed by atoms with E-state index in [2.05, 4.69) is 56.0 Å². The largest absolute Gasteiger partial charge is 0.396 e. The minimum absolute atomic E-state index is 0.197. The maximum atomic E-state index is 9.06. The number of hydrogen-bond donors (Lipinski definition) is 1. The molecule has 3 nitrogen and oxygen atoms in total. The lowest BCUT2D eigenvalue weighted by Gasteiger charge is -2.11. The first-order valence-electron chi connectivity index (χ1n) is 8.01. The molecule has 0 saturated heterocycles. The van der Waals surface area contributed by atoms with Crippen molar-refractivity contribution in [1.29, 1.82) is 0 Å². The number of aliphatic hydroxyl groups excluding tert-OH is 1. The van der Waals surface area contributed by atoms with Crippen molar-refractivity contribution >= 4 is 6.29 Å². The standard InChI is InChI=1S/C18H22O2.C3H4O/c1-14-3-8-18(17(13-14)10-12-20-2)16-6-4-15(5-7-16)9-11-19;1-2-3-4/h3-8,13,19H,9-12H2,1-2H3;2-3H,1H2. The van der Waals surface area contributed by atoms with Gasteiger partial charge in [-0.2, -0.15) is 0 Å². The lowest BCUT2D eigenvalue weighted by molar-refractivity contribution is -0.104. The molecule has 3 heteroatoms. The molecule has 0 saturated carbocycles. The molecule has 2 rings (SSSR count). The molecule has 128 valence electrons. The van der Waals surface area contributed by atoms with Crippen LogP contribution in [-0.2, 0) is 22.4 Å². The summed E-state index contributed by atoms with van der Waals surface area (Å²) in [6.07, 6.45) is 3.47. The Morgan fingerprint density at radius 3 is 2.33 bits per heavy atom. The van der Waals surface area contributed by atoms with Gasteiger partial charge >= 0.3 is 0 Å². The monoisotopic (exact) mass is 326 g/mol. The number of allylic oxidation sites excluding steroid dienone is 1. The van der Waals surface area contributed by atoms with E-state index in [4.69, 9.17) is 14.6 Å². The van der Waals surface area contributed by atoms with Crippen LogP contribution in [0.4, 0.5) is 0 Å². The van der Waals surface area contributed by atoms with E-state index in [1.807, 2.05) is 0 Å². The van der Waals surface area contributed by atoms with E-state index < -0.39 is 0 Å². The highest BCUT2D eigenvalue weighted by Gasteiger charge is 2.06. The molecule has 0 aliphatic carbocycles. The minimum Gasteiger partial charge on any atom is -0.396 e. The van der Waals surface area contributed by atoms with Gasteiger partial charge in [-0.1, -0.05) is 54.6 Å². The van der Waals surface area contributed by atoms with E-state index in [9.17, 15) is 0 Å². The molecule has 2 aromatic carbocycles. The first kappa shape index (κ1) is 19.8. The number of aryl methyl sites for hydroxylation is 1. The summed E-state index contributed by atoms with van der Waals surface area (Å²) in [5.74, 6) is 0. The molecule has 0 aliphatic rings. The maximum Gasteiger partial charge on any atom is 0.142 e. The SMILES string of the molecule is C=CC=O.COCCc1cc(C)ccc1-c1ccc(CCO)cc1. The fourth-order valence-electron chi connectivity index (χ4n) is 2.40. The van der Waals surface area contributed by atoms with Crippen molar-refractivity contribution in [1.82, 2.24) is 0 Å². The smallest absolute Gasteiger partial charge is 0.142 e. The molecule has 0 aliphatic heterocycles. The molecule has 0 aromatic heterocycles. The molecule has 0 bridgehead atoms. The van der Waals surface area contributed by atoms with Crippen LogP contribution >= 0.6 is 0 Å². The van der Waals surface area contributed by atoms with E-state index in [1.165, 1.54) is 33.9 Å². The second-order valence-electron chi connectivity index (χ2n) is 5.45. The normalized spacial score (nSPS) is 9.79. The highest BCUT2D eigenvalue weighted by molar-refractivity contribution is 5.68. The van der Waals surface area contributed by atoms with Gasteiger partial charge in [0.15, 0.2) is 0 Å². The molecule has 0 fully saturated rings. The third kappa shape index (κ3) is 6.49. The topological polar surface area (TPSA) is 46.5 Å². The van der Waals surface area contributed by atoms with Crippen molar-refractivity contribution in [3.63, 3.8) is 0 Å². The number of methoxy groups -OCH3 is 1. The van der Waals surface area contributed by atoms with Crippen molar-refractivity contribution in [2.75, 3.05) is 20.3 Å². The average Bonchev–Trinajstić information content (AvgIpc) is 2.61. The van der Waals surface area contributed by atoms with E-state index in [0.717, 1.165) is 13.0 Å². The Balaban J connectivity index is 0.000000648. The minimum atomic E-state index is 0.197. The third-order valence-corrected chi connectivity index (χ3v) is 3.60. The van der Waals surface area contributed by atoms with Crippen LogP contribution in [0.25, 0.3) is 11.1 Å². The lowest BCUT2D eigenvalue weighted by Crippen LogP contribution is -1.98. The van der Waals surface area contributed by atoms with Crippen molar-refractivity contribution in [2.24, 2.45) is 0 Å². The summed E-state index contributed by atoms with van der Waals surface area (Å²) in [5, 5.41) is 8.96. The molecular formula is C21H26O3. The molecule has 0 atom stereocenters. The van der Waals surface area contributed by atoms with Crippen LogP contribution in [-0.4, -0.2) is 31.7 Å². The first-order valence-corrected chi connectivity index (χ1v) is 8.01. The number of aldehydes is 1. The number of carbonyl (C=O) groups is 1. The van der Waals surface area contributed by atoms with Crippen LogP contribution < -0.4 is 0 Å². The Morgan fingerprint density at radius 2 is 1.79 bits per heavy atom. The third-order valence-electron chi connectivity index (χ3n) is 3.60.